The zero-order valence-corrected chi connectivity index (χ0v) is 8.75. The molecular weight excluding hydrogens is 191 g/mol. The Morgan fingerprint density at radius 3 is 2.80 bits per heavy atom. The summed E-state index contributed by atoms with van der Waals surface area (Å²) in [7, 11) is 0. The van der Waals surface area contributed by atoms with E-state index < -0.39 is 0 Å². The second-order valence-electron chi connectivity index (χ2n) is 3.99. The summed E-state index contributed by atoms with van der Waals surface area (Å²) in [6.45, 7) is 6.62. The molecule has 0 bridgehead atoms. The van der Waals surface area contributed by atoms with E-state index in [1.54, 1.807) is 12.3 Å². The van der Waals surface area contributed by atoms with Gasteiger partial charge >= 0.3 is 0 Å². The van der Waals surface area contributed by atoms with Crippen LogP contribution in [0.4, 0.5) is 4.39 Å². The minimum atomic E-state index is -0.207. The van der Waals surface area contributed by atoms with Gasteiger partial charge in [0.05, 0.1) is 6.20 Å². The second kappa shape index (κ2) is 4.53. The molecule has 2 heterocycles. The highest BCUT2D eigenvalue weighted by atomic mass is 19.1. The predicted octanol–water partition coefficient (Wildman–Crippen LogP) is 2.37. The quantitative estimate of drug-likeness (QED) is 0.691. The monoisotopic (exact) mass is 206 g/mol. The fraction of sp³-hybridized carbons (Fsp3) is 0.417. The molecule has 2 rings (SSSR count). The minimum absolute atomic E-state index is 0.207. The summed E-state index contributed by atoms with van der Waals surface area (Å²) in [6.07, 6.45) is 4.99. The lowest BCUT2D eigenvalue weighted by atomic mass is 10.1. The van der Waals surface area contributed by atoms with Gasteiger partial charge in [-0.2, -0.15) is 0 Å². The van der Waals surface area contributed by atoms with E-state index in [1.165, 1.54) is 11.8 Å². The van der Waals surface area contributed by atoms with Crippen LogP contribution >= 0.6 is 0 Å². The molecule has 15 heavy (non-hydrogen) atoms. The van der Waals surface area contributed by atoms with Crippen molar-refractivity contribution in [2.75, 3.05) is 13.1 Å². The average molecular weight is 206 g/mol. The smallest absolute Gasteiger partial charge is 0.145 e. The van der Waals surface area contributed by atoms with Crippen LogP contribution in [0.25, 0.3) is 0 Å². The van der Waals surface area contributed by atoms with Gasteiger partial charge in [0, 0.05) is 31.4 Å². The zero-order valence-electron chi connectivity index (χ0n) is 8.75. The van der Waals surface area contributed by atoms with Gasteiger partial charge in [0.2, 0.25) is 0 Å². The van der Waals surface area contributed by atoms with Crippen molar-refractivity contribution >= 4 is 0 Å². The number of hydrogen-bond donors (Lipinski definition) is 0. The van der Waals surface area contributed by atoms with E-state index in [9.17, 15) is 4.39 Å². The Morgan fingerprint density at radius 2 is 2.13 bits per heavy atom. The molecule has 1 saturated heterocycles. The zero-order chi connectivity index (χ0) is 10.7. The van der Waals surface area contributed by atoms with Crippen molar-refractivity contribution < 1.29 is 4.39 Å². The molecule has 1 aromatic heterocycles. The van der Waals surface area contributed by atoms with E-state index in [2.05, 4.69) is 16.5 Å². The van der Waals surface area contributed by atoms with Gasteiger partial charge in [0.1, 0.15) is 5.82 Å². The maximum atomic E-state index is 13.3. The summed E-state index contributed by atoms with van der Waals surface area (Å²) in [5.74, 6) is -0.207. The van der Waals surface area contributed by atoms with Crippen LogP contribution in [0.5, 0.6) is 0 Å². The first-order valence-corrected chi connectivity index (χ1v) is 5.23. The molecule has 80 valence electrons. The van der Waals surface area contributed by atoms with E-state index in [-0.39, 0.29) is 5.82 Å². The molecule has 0 radical (unpaired) electrons. The standard InChI is InChI=1S/C12H15FN2/c1-10-3-6-15(7-4-10)9-11-2-5-14-8-12(11)13/h2,5,8H,1,3-4,6-7,9H2. The second-order valence-corrected chi connectivity index (χ2v) is 3.99. The molecule has 0 aliphatic carbocycles. The SMILES string of the molecule is C=C1CCN(Cc2ccncc2F)CC1. The highest BCUT2D eigenvalue weighted by Crippen LogP contribution is 2.17. The van der Waals surface area contributed by atoms with Crippen LogP contribution < -0.4 is 0 Å². The third kappa shape index (κ3) is 2.63. The highest BCUT2D eigenvalue weighted by molar-refractivity contribution is 5.13. The van der Waals surface area contributed by atoms with E-state index >= 15 is 0 Å². The summed E-state index contributed by atoms with van der Waals surface area (Å²) in [6, 6.07) is 1.75. The molecule has 1 aromatic rings. The number of piperidine rings is 1. The number of rotatable bonds is 2. The molecule has 0 N–H and O–H groups in total. The van der Waals surface area contributed by atoms with Crippen LogP contribution in [0.3, 0.4) is 0 Å². The Labute approximate surface area is 89.4 Å². The van der Waals surface area contributed by atoms with Crippen molar-refractivity contribution in [3.05, 3.63) is 42.0 Å². The van der Waals surface area contributed by atoms with Gasteiger partial charge in [-0.15, -0.1) is 0 Å². The summed E-state index contributed by atoms with van der Waals surface area (Å²) in [5.41, 5.74) is 2.04. The molecule has 0 amide bonds. The van der Waals surface area contributed by atoms with Crippen molar-refractivity contribution in [1.29, 1.82) is 0 Å². The van der Waals surface area contributed by atoms with Gasteiger partial charge in [-0.3, -0.25) is 9.88 Å². The number of nitrogens with zero attached hydrogens (tertiary/aromatic N) is 2. The summed E-state index contributed by atoms with van der Waals surface area (Å²) >= 11 is 0. The predicted molar refractivity (Wildman–Crippen MR) is 57.8 cm³/mol. The normalized spacial score (nSPS) is 18.1. The van der Waals surface area contributed by atoms with Gasteiger partial charge in [-0.05, 0) is 18.9 Å². The first-order chi connectivity index (χ1) is 7.25. The Morgan fingerprint density at radius 1 is 1.40 bits per heavy atom. The summed E-state index contributed by atoms with van der Waals surface area (Å²) in [4.78, 5) is 6.00. The minimum Gasteiger partial charge on any atom is -0.298 e. The molecular formula is C12H15FN2. The average Bonchev–Trinajstić information content (AvgIpc) is 2.25. The van der Waals surface area contributed by atoms with Crippen LogP contribution in [0.2, 0.25) is 0 Å². The molecule has 1 aliphatic heterocycles. The van der Waals surface area contributed by atoms with Crippen LogP contribution in [0, 0.1) is 5.82 Å². The van der Waals surface area contributed by atoms with Gasteiger partial charge in [-0.1, -0.05) is 12.2 Å². The topological polar surface area (TPSA) is 16.1 Å². The number of likely N-dealkylation sites (tertiary alicyclic amines) is 1. The summed E-state index contributed by atoms with van der Waals surface area (Å²) < 4.78 is 13.3. The molecule has 0 spiro atoms. The van der Waals surface area contributed by atoms with Crippen LogP contribution in [0.15, 0.2) is 30.6 Å². The first-order valence-electron chi connectivity index (χ1n) is 5.23. The van der Waals surface area contributed by atoms with Gasteiger partial charge < -0.3 is 0 Å². The van der Waals surface area contributed by atoms with Gasteiger partial charge in [0.25, 0.3) is 0 Å². The highest BCUT2D eigenvalue weighted by Gasteiger charge is 2.14. The number of pyridine rings is 1. The van der Waals surface area contributed by atoms with E-state index in [0.29, 0.717) is 6.54 Å². The number of halogens is 1. The van der Waals surface area contributed by atoms with E-state index in [1.807, 2.05) is 0 Å². The Hall–Kier alpha value is -1.22. The summed E-state index contributed by atoms with van der Waals surface area (Å²) in [5, 5.41) is 0. The Balaban J connectivity index is 1.97. The van der Waals surface area contributed by atoms with Crippen LogP contribution in [-0.4, -0.2) is 23.0 Å². The third-order valence-electron chi connectivity index (χ3n) is 2.81. The largest absolute Gasteiger partial charge is 0.298 e. The Bertz CT molecular complexity index is 352. The van der Waals surface area contributed by atoms with Crippen molar-refractivity contribution in [2.24, 2.45) is 0 Å². The van der Waals surface area contributed by atoms with Crippen molar-refractivity contribution in [1.82, 2.24) is 9.88 Å². The molecule has 3 heteroatoms. The molecule has 1 fully saturated rings. The Kier molecular flexibility index (Phi) is 3.11. The molecule has 2 nitrogen and oxygen atoms in total. The third-order valence-corrected chi connectivity index (χ3v) is 2.81. The molecule has 0 atom stereocenters. The maximum Gasteiger partial charge on any atom is 0.145 e. The van der Waals surface area contributed by atoms with Gasteiger partial charge in [-0.25, -0.2) is 4.39 Å². The number of hydrogen-bond acceptors (Lipinski definition) is 2. The van der Waals surface area contributed by atoms with Crippen molar-refractivity contribution in [3.63, 3.8) is 0 Å². The first kappa shape index (κ1) is 10.3. The lowest BCUT2D eigenvalue weighted by molar-refractivity contribution is 0.245. The molecule has 1 aliphatic rings. The number of aromatic nitrogens is 1. The van der Waals surface area contributed by atoms with Crippen LogP contribution in [0.1, 0.15) is 18.4 Å². The molecule has 0 saturated carbocycles. The van der Waals surface area contributed by atoms with Crippen molar-refractivity contribution in [3.8, 4) is 0 Å². The van der Waals surface area contributed by atoms with E-state index in [0.717, 1.165) is 31.5 Å². The van der Waals surface area contributed by atoms with E-state index in [4.69, 9.17) is 0 Å². The molecule has 0 aromatic carbocycles. The lowest BCUT2D eigenvalue weighted by Gasteiger charge is -2.27. The fourth-order valence-electron chi connectivity index (χ4n) is 1.80. The van der Waals surface area contributed by atoms with Crippen LogP contribution in [-0.2, 0) is 6.54 Å². The maximum absolute atomic E-state index is 13.3. The molecule has 0 unspecified atom stereocenters. The fourth-order valence-corrected chi connectivity index (χ4v) is 1.80. The van der Waals surface area contributed by atoms with Crippen molar-refractivity contribution in [2.45, 2.75) is 19.4 Å². The van der Waals surface area contributed by atoms with Gasteiger partial charge in [0.15, 0.2) is 0 Å². The lowest BCUT2D eigenvalue weighted by Crippen LogP contribution is -2.30.